The van der Waals surface area contributed by atoms with Crippen LogP contribution in [0.5, 0.6) is 0 Å². The van der Waals surface area contributed by atoms with Crippen LogP contribution in [0.2, 0.25) is 0 Å². The topological polar surface area (TPSA) is 69.7 Å². The van der Waals surface area contributed by atoms with E-state index < -0.39 is 15.0 Å². The van der Waals surface area contributed by atoms with Gasteiger partial charge in [-0.1, -0.05) is 13.0 Å². The van der Waals surface area contributed by atoms with E-state index in [9.17, 15) is 13.2 Å². The molecule has 1 aliphatic heterocycles. The molecule has 0 spiro atoms. The normalized spacial score (nSPS) is 15.9. The van der Waals surface area contributed by atoms with E-state index in [4.69, 9.17) is 20.2 Å². The zero-order valence-corrected chi connectivity index (χ0v) is 11.8. The maximum absolute atomic E-state index is 12.0. The third-order valence-electron chi connectivity index (χ3n) is 2.84. The van der Waals surface area contributed by atoms with Crippen LogP contribution in [-0.2, 0) is 24.9 Å². The molecule has 0 unspecified atom stereocenters. The summed E-state index contributed by atoms with van der Waals surface area (Å²) >= 11 is 0. The average Bonchev–Trinajstić information content (AvgIpc) is 2.31. The molecule has 104 valence electrons. The number of ether oxygens (including phenoxy) is 2. The van der Waals surface area contributed by atoms with Gasteiger partial charge in [0, 0.05) is 10.7 Å². The van der Waals surface area contributed by atoms with Crippen LogP contribution < -0.4 is 0 Å². The van der Waals surface area contributed by atoms with E-state index in [-0.39, 0.29) is 16.6 Å². The molecule has 5 nitrogen and oxygen atoms in total. The van der Waals surface area contributed by atoms with E-state index >= 15 is 0 Å². The first-order chi connectivity index (χ1) is 8.91. The summed E-state index contributed by atoms with van der Waals surface area (Å²) in [6.07, 6.45) is 0.335. The van der Waals surface area contributed by atoms with Gasteiger partial charge in [-0.05, 0) is 24.1 Å². The summed E-state index contributed by atoms with van der Waals surface area (Å²) in [5, 5.41) is 0. The second-order valence-electron chi connectivity index (χ2n) is 4.18. The molecular formula is C12H13ClO5S. The molecule has 0 radical (unpaired) electrons. The summed E-state index contributed by atoms with van der Waals surface area (Å²) < 4.78 is 32.7. The predicted molar refractivity (Wildman–Crippen MR) is 68.9 cm³/mol. The summed E-state index contributed by atoms with van der Waals surface area (Å²) in [7, 11) is 1.41. The van der Waals surface area contributed by atoms with Gasteiger partial charge in [-0.3, -0.25) is 0 Å². The number of rotatable bonds is 4. The Morgan fingerprint density at radius 2 is 2.16 bits per heavy atom. The molecule has 1 fully saturated rings. The zero-order chi connectivity index (χ0) is 14.0. The molecule has 0 atom stereocenters. The molecule has 1 saturated heterocycles. The van der Waals surface area contributed by atoms with Gasteiger partial charge in [0.1, 0.15) is 6.10 Å². The number of benzene rings is 1. The number of esters is 1. The van der Waals surface area contributed by atoms with Crippen molar-refractivity contribution in [2.24, 2.45) is 0 Å². The third-order valence-corrected chi connectivity index (χ3v) is 4.20. The van der Waals surface area contributed by atoms with Gasteiger partial charge in [0.05, 0.1) is 23.7 Å². The fourth-order valence-corrected chi connectivity index (χ4v) is 2.48. The quantitative estimate of drug-likeness (QED) is 0.626. The van der Waals surface area contributed by atoms with Crippen molar-refractivity contribution in [1.82, 2.24) is 0 Å². The van der Waals surface area contributed by atoms with Crippen molar-refractivity contribution in [2.45, 2.75) is 24.3 Å². The third kappa shape index (κ3) is 3.26. The van der Waals surface area contributed by atoms with Gasteiger partial charge in [-0.2, -0.15) is 0 Å². The highest BCUT2D eigenvalue weighted by molar-refractivity contribution is 8.13. The van der Waals surface area contributed by atoms with Crippen molar-refractivity contribution in [2.75, 3.05) is 13.2 Å². The van der Waals surface area contributed by atoms with Gasteiger partial charge in [-0.25, -0.2) is 13.2 Å². The number of halogens is 1. The SMILES string of the molecule is CCc1ccc(S(=O)(=O)Cl)cc1C(=O)OC1COC1. The largest absolute Gasteiger partial charge is 0.454 e. The van der Waals surface area contributed by atoms with Gasteiger partial charge in [0.15, 0.2) is 0 Å². The first-order valence-corrected chi connectivity index (χ1v) is 8.09. The lowest BCUT2D eigenvalue weighted by molar-refractivity contribution is -0.103. The van der Waals surface area contributed by atoms with Crippen molar-refractivity contribution in [3.8, 4) is 0 Å². The van der Waals surface area contributed by atoms with Crippen LogP contribution >= 0.6 is 10.7 Å². The second-order valence-corrected chi connectivity index (χ2v) is 6.74. The lowest BCUT2D eigenvalue weighted by Gasteiger charge is -2.26. The van der Waals surface area contributed by atoms with Gasteiger partial charge in [0.2, 0.25) is 0 Å². The monoisotopic (exact) mass is 304 g/mol. The molecule has 1 aliphatic rings. The van der Waals surface area contributed by atoms with Gasteiger partial charge >= 0.3 is 5.97 Å². The highest BCUT2D eigenvalue weighted by Crippen LogP contribution is 2.21. The van der Waals surface area contributed by atoms with E-state index in [1.54, 1.807) is 6.07 Å². The Kier molecular flexibility index (Phi) is 4.13. The van der Waals surface area contributed by atoms with Crippen molar-refractivity contribution in [3.63, 3.8) is 0 Å². The molecule has 7 heteroatoms. The van der Waals surface area contributed by atoms with Crippen LogP contribution in [0.4, 0.5) is 0 Å². The van der Waals surface area contributed by atoms with Crippen molar-refractivity contribution in [1.29, 1.82) is 0 Å². The molecule has 19 heavy (non-hydrogen) atoms. The number of carbonyl (C=O) groups is 1. The highest BCUT2D eigenvalue weighted by atomic mass is 35.7. The average molecular weight is 305 g/mol. The molecule has 1 heterocycles. The Labute approximate surface area is 115 Å². The van der Waals surface area contributed by atoms with E-state index in [2.05, 4.69) is 0 Å². The highest BCUT2D eigenvalue weighted by Gasteiger charge is 2.25. The fourth-order valence-electron chi connectivity index (χ4n) is 1.70. The first-order valence-electron chi connectivity index (χ1n) is 5.78. The molecule has 1 aromatic rings. The van der Waals surface area contributed by atoms with Gasteiger partial charge < -0.3 is 9.47 Å². The van der Waals surface area contributed by atoms with E-state index in [0.717, 1.165) is 0 Å². The first kappa shape index (κ1) is 14.3. The Morgan fingerprint density at radius 3 is 2.63 bits per heavy atom. The molecule has 1 aromatic carbocycles. The molecular weight excluding hydrogens is 292 g/mol. The second kappa shape index (κ2) is 5.48. The van der Waals surface area contributed by atoms with Gasteiger partial charge in [-0.15, -0.1) is 0 Å². The Balaban J connectivity index is 2.32. The summed E-state index contributed by atoms with van der Waals surface area (Å²) in [5.41, 5.74) is 0.949. The molecule has 0 N–H and O–H groups in total. The smallest absolute Gasteiger partial charge is 0.338 e. The fraction of sp³-hybridized carbons (Fsp3) is 0.417. The van der Waals surface area contributed by atoms with Gasteiger partial charge in [0.25, 0.3) is 9.05 Å². The summed E-state index contributed by atoms with van der Waals surface area (Å²) in [6, 6.07) is 4.20. The number of hydrogen-bond acceptors (Lipinski definition) is 5. The minimum atomic E-state index is -3.86. The number of carbonyl (C=O) groups excluding carboxylic acids is 1. The lowest BCUT2D eigenvalue weighted by Crippen LogP contribution is -2.38. The van der Waals surface area contributed by atoms with E-state index in [1.165, 1.54) is 12.1 Å². The number of aryl methyl sites for hydroxylation is 1. The molecule has 0 amide bonds. The van der Waals surface area contributed by atoms with Crippen molar-refractivity contribution in [3.05, 3.63) is 29.3 Å². The van der Waals surface area contributed by atoms with Crippen molar-refractivity contribution < 1.29 is 22.7 Å². The Hall–Kier alpha value is -1.11. The van der Waals surface area contributed by atoms with E-state index in [0.29, 0.717) is 25.2 Å². The minimum absolute atomic E-state index is 0.108. The Bertz CT molecular complexity index is 592. The zero-order valence-electron chi connectivity index (χ0n) is 10.3. The maximum atomic E-state index is 12.0. The maximum Gasteiger partial charge on any atom is 0.338 e. The van der Waals surface area contributed by atoms with Crippen LogP contribution in [0.1, 0.15) is 22.8 Å². The summed E-state index contributed by atoms with van der Waals surface area (Å²) in [6.45, 7) is 2.62. The summed E-state index contributed by atoms with van der Waals surface area (Å²) in [5.74, 6) is -0.549. The standard InChI is InChI=1S/C12H13ClO5S/c1-2-8-3-4-10(19(13,15)16)5-11(8)12(14)18-9-6-17-7-9/h3-5,9H,2,6-7H2,1H3. The van der Waals surface area contributed by atoms with Crippen LogP contribution in [0, 0.1) is 0 Å². The van der Waals surface area contributed by atoms with Crippen LogP contribution in [-0.4, -0.2) is 33.7 Å². The van der Waals surface area contributed by atoms with Crippen molar-refractivity contribution >= 4 is 25.7 Å². The summed E-state index contributed by atoms with van der Waals surface area (Å²) in [4.78, 5) is 11.9. The Morgan fingerprint density at radius 1 is 1.47 bits per heavy atom. The van der Waals surface area contributed by atoms with Crippen LogP contribution in [0.25, 0.3) is 0 Å². The molecule has 0 bridgehead atoms. The molecule has 2 rings (SSSR count). The number of hydrogen-bond donors (Lipinski definition) is 0. The van der Waals surface area contributed by atoms with E-state index in [1.807, 2.05) is 6.92 Å². The van der Waals surface area contributed by atoms with Crippen LogP contribution in [0.15, 0.2) is 23.1 Å². The predicted octanol–water partition coefficient (Wildman–Crippen LogP) is 1.73. The minimum Gasteiger partial charge on any atom is -0.454 e. The molecule has 0 saturated carbocycles. The lowest BCUT2D eigenvalue weighted by atomic mass is 10.1. The molecule has 0 aromatic heterocycles. The van der Waals surface area contributed by atoms with Crippen LogP contribution in [0.3, 0.4) is 0 Å². The molecule has 0 aliphatic carbocycles.